The van der Waals surface area contributed by atoms with Crippen LogP contribution in [0.4, 0.5) is 10.2 Å². The highest BCUT2D eigenvalue weighted by Crippen LogP contribution is 2.20. The second-order valence-corrected chi connectivity index (χ2v) is 7.43. The Kier molecular flexibility index (Phi) is 4.87. The van der Waals surface area contributed by atoms with Crippen molar-refractivity contribution < 1.29 is 8.60 Å². The van der Waals surface area contributed by atoms with Crippen LogP contribution in [0.1, 0.15) is 18.9 Å². The number of rotatable bonds is 5. The Hall–Kier alpha value is -2.26. The van der Waals surface area contributed by atoms with Gasteiger partial charge < -0.3 is 10.7 Å². The predicted octanol–water partition coefficient (Wildman–Crippen LogP) is 2.03. The monoisotopic (exact) mass is 383 g/mol. The molecule has 132 valence electrons. The number of benzene rings is 1. The first-order chi connectivity index (χ1) is 11.9. The number of nitrogens with two attached hydrogens (primary N) is 1. The molecule has 0 bridgehead atoms. The Labute approximate surface area is 149 Å². The van der Waals surface area contributed by atoms with Gasteiger partial charge >= 0.3 is 5.69 Å². The molecule has 7 nitrogen and oxygen atoms in total. The lowest BCUT2D eigenvalue weighted by Gasteiger charge is -2.15. The SMILES string of the molecule is CCC(Cc1ccc(Cl)c(F)c1)S(=O)n1c(=O)[nH]c2c(N)ncnc21. The number of hydrogen-bond acceptors (Lipinski definition) is 5. The van der Waals surface area contributed by atoms with Crippen LogP contribution in [0, 0.1) is 5.82 Å². The van der Waals surface area contributed by atoms with Gasteiger partial charge in [0.1, 0.15) is 28.6 Å². The molecule has 10 heteroatoms. The molecule has 1 aromatic carbocycles. The lowest BCUT2D eigenvalue weighted by atomic mass is 10.1. The van der Waals surface area contributed by atoms with Crippen LogP contribution in [0.5, 0.6) is 0 Å². The molecule has 2 unspecified atom stereocenters. The van der Waals surface area contributed by atoms with Crippen LogP contribution in [-0.2, 0) is 17.4 Å². The molecule has 0 fully saturated rings. The lowest BCUT2D eigenvalue weighted by molar-refractivity contribution is 0.623. The molecule has 0 aliphatic rings. The van der Waals surface area contributed by atoms with Gasteiger partial charge in [-0.2, -0.15) is 3.97 Å². The zero-order valence-electron chi connectivity index (χ0n) is 13.2. The van der Waals surface area contributed by atoms with Crippen molar-refractivity contribution in [1.82, 2.24) is 18.9 Å². The third-order valence-electron chi connectivity index (χ3n) is 3.83. The van der Waals surface area contributed by atoms with E-state index in [9.17, 15) is 13.4 Å². The molecule has 3 aromatic rings. The largest absolute Gasteiger partial charge is 0.382 e. The van der Waals surface area contributed by atoms with E-state index in [4.69, 9.17) is 17.3 Å². The van der Waals surface area contributed by atoms with Crippen LogP contribution in [-0.4, -0.2) is 28.4 Å². The summed E-state index contributed by atoms with van der Waals surface area (Å²) in [6.45, 7) is 1.85. The summed E-state index contributed by atoms with van der Waals surface area (Å²) in [6, 6.07) is 4.43. The minimum Gasteiger partial charge on any atom is -0.382 e. The highest BCUT2D eigenvalue weighted by Gasteiger charge is 2.23. The zero-order chi connectivity index (χ0) is 18.1. The van der Waals surface area contributed by atoms with Crippen molar-refractivity contribution in [3.05, 3.63) is 51.4 Å². The van der Waals surface area contributed by atoms with Crippen LogP contribution in [0.3, 0.4) is 0 Å². The van der Waals surface area contributed by atoms with Crippen molar-refractivity contribution in [3.8, 4) is 0 Å². The molecule has 2 heterocycles. The first kappa shape index (κ1) is 17.6. The summed E-state index contributed by atoms with van der Waals surface area (Å²) >= 11 is 5.69. The number of fused-ring (bicyclic) bond motifs is 1. The van der Waals surface area contributed by atoms with Gasteiger partial charge in [-0.15, -0.1) is 0 Å². The van der Waals surface area contributed by atoms with Gasteiger partial charge in [-0.1, -0.05) is 24.6 Å². The lowest BCUT2D eigenvalue weighted by Crippen LogP contribution is -2.30. The number of hydrogen-bond donors (Lipinski definition) is 2. The van der Waals surface area contributed by atoms with Crippen LogP contribution in [0.2, 0.25) is 5.02 Å². The molecule has 3 rings (SSSR count). The average molecular weight is 384 g/mol. The van der Waals surface area contributed by atoms with Crippen molar-refractivity contribution in [3.63, 3.8) is 0 Å². The molecule has 0 radical (unpaired) electrons. The zero-order valence-corrected chi connectivity index (χ0v) is 14.8. The molecule has 25 heavy (non-hydrogen) atoms. The molecule has 0 saturated carbocycles. The number of anilines is 1. The van der Waals surface area contributed by atoms with Gasteiger partial charge in [-0.05, 0) is 30.5 Å². The number of aromatic nitrogens is 4. The summed E-state index contributed by atoms with van der Waals surface area (Å²) in [4.78, 5) is 22.5. The molecule has 3 N–H and O–H groups in total. The Morgan fingerprint density at radius 2 is 2.20 bits per heavy atom. The van der Waals surface area contributed by atoms with E-state index in [0.29, 0.717) is 18.4 Å². The summed E-state index contributed by atoms with van der Waals surface area (Å²) in [7, 11) is -1.73. The summed E-state index contributed by atoms with van der Waals surface area (Å²) in [5, 5.41) is -0.397. The fourth-order valence-corrected chi connectivity index (χ4v) is 4.07. The number of halogens is 2. The van der Waals surface area contributed by atoms with Gasteiger partial charge in [0.15, 0.2) is 11.5 Å². The summed E-state index contributed by atoms with van der Waals surface area (Å²) in [5.74, 6) is -0.435. The number of aromatic amines is 1. The Balaban J connectivity index is 1.98. The number of nitrogens with one attached hydrogen (secondary N) is 1. The van der Waals surface area contributed by atoms with E-state index < -0.39 is 27.7 Å². The Morgan fingerprint density at radius 1 is 1.44 bits per heavy atom. The van der Waals surface area contributed by atoms with Crippen molar-refractivity contribution in [2.45, 2.75) is 25.0 Å². The molecule has 0 aliphatic heterocycles. The van der Waals surface area contributed by atoms with Gasteiger partial charge in [0.05, 0.1) is 10.3 Å². The first-order valence-electron chi connectivity index (χ1n) is 7.48. The van der Waals surface area contributed by atoms with E-state index in [-0.39, 0.29) is 22.0 Å². The van der Waals surface area contributed by atoms with E-state index in [1.54, 1.807) is 6.07 Å². The number of nitrogen functional groups attached to an aromatic ring is 1. The van der Waals surface area contributed by atoms with Gasteiger partial charge in [0, 0.05) is 0 Å². The van der Waals surface area contributed by atoms with Crippen LogP contribution in [0.25, 0.3) is 11.2 Å². The second kappa shape index (κ2) is 6.93. The standard InChI is InChI=1S/C15H15ClFN5O2S/c1-2-9(5-8-3-4-10(16)11(17)6-8)25(24)22-14-12(21-15(22)23)13(18)19-7-20-14/h3-4,6-7,9H,2,5H2,1H3,(H,21,23)(H2,18,19,20). The van der Waals surface area contributed by atoms with E-state index in [1.807, 2.05) is 6.92 Å². The number of H-pyrrole nitrogens is 1. The van der Waals surface area contributed by atoms with Crippen molar-refractivity contribution in [1.29, 1.82) is 0 Å². The fourth-order valence-electron chi connectivity index (χ4n) is 2.52. The number of nitrogens with zero attached hydrogens (tertiary/aromatic N) is 3. The minimum absolute atomic E-state index is 0.0259. The van der Waals surface area contributed by atoms with Crippen molar-refractivity contribution in [2.24, 2.45) is 0 Å². The third-order valence-corrected chi connectivity index (χ3v) is 5.91. The molecule has 0 aliphatic carbocycles. The maximum atomic E-state index is 13.6. The highest BCUT2D eigenvalue weighted by atomic mass is 35.5. The van der Waals surface area contributed by atoms with Crippen LogP contribution in [0.15, 0.2) is 29.3 Å². The molecule has 2 aromatic heterocycles. The van der Waals surface area contributed by atoms with Crippen molar-refractivity contribution >= 4 is 39.6 Å². The van der Waals surface area contributed by atoms with E-state index in [1.165, 1.54) is 18.5 Å². The summed E-state index contributed by atoms with van der Waals surface area (Å²) in [5.41, 5.74) is 6.20. The van der Waals surface area contributed by atoms with E-state index in [0.717, 1.165) is 3.97 Å². The quantitative estimate of drug-likeness (QED) is 0.701. The van der Waals surface area contributed by atoms with Crippen molar-refractivity contribution in [2.75, 3.05) is 5.73 Å². The topological polar surface area (TPSA) is 107 Å². The first-order valence-corrected chi connectivity index (χ1v) is 9.03. The smallest absolute Gasteiger partial charge is 0.340 e. The summed E-state index contributed by atoms with van der Waals surface area (Å²) in [6.07, 6.45) is 2.03. The van der Waals surface area contributed by atoms with E-state index in [2.05, 4.69) is 15.0 Å². The molecule has 0 amide bonds. The molecular formula is C15H15ClFN5O2S. The molecule has 0 spiro atoms. The van der Waals surface area contributed by atoms with Crippen LogP contribution >= 0.6 is 11.6 Å². The maximum absolute atomic E-state index is 13.6. The highest BCUT2D eigenvalue weighted by molar-refractivity contribution is 7.84. The maximum Gasteiger partial charge on any atom is 0.340 e. The second-order valence-electron chi connectivity index (χ2n) is 5.44. The Morgan fingerprint density at radius 3 is 2.88 bits per heavy atom. The molecule has 2 atom stereocenters. The fraction of sp³-hybridized carbons (Fsp3) is 0.267. The predicted molar refractivity (Wildman–Crippen MR) is 95.3 cm³/mol. The van der Waals surface area contributed by atoms with Gasteiger partial charge in [0.25, 0.3) is 0 Å². The Bertz CT molecular complexity index is 1020. The van der Waals surface area contributed by atoms with Gasteiger partial charge in [-0.25, -0.2) is 23.4 Å². The van der Waals surface area contributed by atoms with Gasteiger partial charge in [0.2, 0.25) is 0 Å². The van der Waals surface area contributed by atoms with Crippen LogP contribution < -0.4 is 11.4 Å². The third kappa shape index (κ3) is 3.29. The minimum atomic E-state index is -1.73. The molecular weight excluding hydrogens is 369 g/mol. The molecule has 0 saturated heterocycles. The summed E-state index contributed by atoms with van der Waals surface area (Å²) < 4.78 is 27.7. The average Bonchev–Trinajstić information content (AvgIpc) is 2.92. The number of imidazole rings is 1. The normalized spacial score (nSPS) is 13.9. The van der Waals surface area contributed by atoms with E-state index >= 15 is 0 Å². The van der Waals surface area contributed by atoms with Gasteiger partial charge in [-0.3, -0.25) is 0 Å².